The Morgan fingerprint density at radius 1 is 1.31 bits per heavy atom. The van der Waals surface area contributed by atoms with Crippen LogP contribution >= 0.6 is 0 Å². The maximum Gasteiger partial charge on any atom is 0.315 e. The highest BCUT2D eigenvalue weighted by Crippen LogP contribution is 2.05. The Labute approximate surface area is 97.0 Å². The lowest BCUT2D eigenvalue weighted by Crippen LogP contribution is -2.40. The predicted molar refractivity (Wildman–Crippen MR) is 65.6 cm³/mol. The first-order chi connectivity index (χ1) is 7.50. The van der Waals surface area contributed by atoms with Gasteiger partial charge in [-0.15, -0.1) is 0 Å². The Morgan fingerprint density at radius 3 is 2.38 bits per heavy atom. The molecule has 4 heteroatoms. The third-order valence-electron chi connectivity index (χ3n) is 2.46. The quantitative estimate of drug-likeness (QED) is 0.803. The molecule has 0 aliphatic heterocycles. The number of carbonyl (C=O) groups is 1. The first-order valence-corrected chi connectivity index (χ1v) is 5.68. The number of rotatable bonds is 4. The van der Waals surface area contributed by atoms with Crippen LogP contribution in [0.2, 0.25) is 0 Å². The molecule has 0 saturated carbocycles. The largest absolute Gasteiger partial charge is 0.347 e. The molecule has 1 aromatic rings. The van der Waals surface area contributed by atoms with Gasteiger partial charge in [-0.3, -0.25) is 0 Å². The zero-order valence-corrected chi connectivity index (χ0v) is 10.5. The van der Waals surface area contributed by atoms with Crippen molar-refractivity contribution >= 4 is 6.03 Å². The predicted octanol–water partition coefficient (Wildman–Crippen LogP) is 1.81. The van der Waals surface area contributed by atoms with E-state index in [1.165, 1.54) is 11.4 Å². The van der Waals surface area contributed by atoms with Gasteiger partial charge in [-0.25, -0.2) is 4.79 Å². The molecule has 0 fully saturated rings. The molecule has 0 unspecified atom stereocenters. The van der Waals surface area contributed by atoms with Crippen LogP contribution in [-0.4, -0.2) is 23.2 Å². The summed E-state index contributed by atoms with van der Waals surface area (Å²) in [6.07, 6.45) is 0. The maximum atomic E-state index is 11.3. The summed E-state index contributed by atoms with van der Waals surface area (Å²) in [5, 5.41) is 5.63. The highest BCUT2D eigenvalue weighted by molar-refractivity contribution is 5.73. The van der Waals surface area contributed by atoms with Gasteiger partial charge in [0.05, 0.1) is 0 Å². The number of aryl methyl sites for hydroxylation is 2. The average Bonchev–Trinajstić information content (AvgIpc) is 2.47. The van der Waals surface area contributed by atoms with Gasteiger partial charge in [0.25, 0.3) is 0 Å². The summed E-state index contributed by atoms with van der Waals surface area (Å²) >= 11 is 0. The Bertz CT molecular complexity index is 336. The molecule has 0 saturated heterocycles. The van der Waals surface area contributed by atoms with Crippen LogP contribution in [0.25, 0.3) is 0 Å². The van der Waals surface area contributed by atoms with Gasteiger partial charge in [-0.2, -0.15) is 0 Å². The molecule has 2 amide bonds. The van der Waals surface area contributed by atoms with E-state index in [0.29, 0.717) is 6.54 Å². The van der Waals surface area contributed by atoms with Crippen LogP contribution in [0.15, 0.2) is 12.1 Å². The highest BCUT2D eigenvalue weighted by atomic mass is 16.2. The van der Waals surface area contributed by atoms with Crippen LogP contribution in [0.1, 0.15) is 25.2 Å². The van der Waals surface area contributed by atoms with E-state index in [0.717, 1.165) is 6.54 Å². The van der Waals surface area contributed by atoms with E-state index in [-0.39, 0.29) is 12.1 Å². The van der Waals surface area contributed by atoms with Gasteiger partial charge in [0, 0.05) is 30.5 Å². The first-order valence-electron chi connectivity index (χ1n) is 5.68. The van der Waals surface area contributed by atoms with E-state index in [2.05, 4.69) is 41.2 Å². The summed E-state index contributed by atoms with van der Waals surface area (Å²) in [6.45, 7) is 9.49. The van der Waals surface area contributed by atoms with Crippen molar-refractivity contribution in [1.82, 2.24) is 15.2 Å². The highest BCUT2D eigenvalue weighted by Gasteiger charge is 2.03. The van der Waals surface area contributed by atoms with Crippen LogP contribution in [0.5, 0.6) is 0 Å². The molecule has 0 radical (unpaired) electrons. The molecule has 4 nitrogen and oxygen atoms in total. The zero-order valence-electron chi connectivity index (χ0n) is 10.5. The summed E-state index contributed by atoms with van der Waals surface area (Å²) in [5.74, 6) is 0. The minimum atomic E-state index is -0.0996. The molecular weight excluding hydrogens is 202 g/mol. The molecule has 1 heterocycles. The van der Waals surface area contributed by atoms with Gasteiger partial charge < -0.3 is 15.2 Å². The fraction of sp³-hybridized carbons (Fsp3) is 0.583. The van der Waals surface area contributed by atoms with Crippen LogP contribution in [0.4, 0.5) is 4.79 Å². The third kappa shape index (κ3) is 3.61. The lowest BCUT2D eigenvalue weighted by Gasteiger charge is -2.12. The third-order valence-corrected chi connectivity index (χ3v) is 2.46. The van der Waals surface area contributed by atoms with Crippen LogP contribution in [-0.2, 0) is 6.54 Å². The lowest BCUT2D eigenvalue weighted by molar-refractivity contribution is 0.238. The van der Waals surface area contributed by atoms with Crippen molar-refractivity contribution < 1.29 is 4.79 Å². The Morgan fingerprint density at radius 2 is 1.88 bits per heavy atom. The molecule has 0 bridgehead atoms. The van der Waals surface area contributed by atoms with Gasteiger partial charge >= 0.3 is 6.03 Å². The summed E-state index contributed by atoms with van der Waals surface area (Å²) in [7, 11) is 0. The SMILES string of the molecule is Cc1ccc(C)n1CCNC(=O)NC(C)C. The summed E-state index contributed by atoms with van der Waals surface area (Å²) in [6, 6.07) is 4.25. The van der Waals surface area contributed by atoms with Crippen molar-refractivity contribution in [2.45, 2.75) is 40.3 Å². The number of hydrogen-bond acceptors (Lipinski definition) is 1. The van der Waals surface area contributed by atoms with E-state index in [1.807, 2.05) is 13.8 Å². The number of urea groups is 1. The van der Waals surface area contributed by atoms with E-state index >= 15 is 0 Å². The molecule has 0 atom stereocenters. The summed E-state index contributed by atoms with van der Waals surface area (Å²) < 4.78 is 2.19. The Hall–Kier alpha value is -1.45. The molecule has 1 aromatic heterocycles. The van der Waals surface area contributed by atoms with Crippen LogP contribution in [0.3, 0.4) is 0 Å². The first kappa shape index (κ1) is 12.6. The second-order valence-corrected chi connectivity index (χ2v) is 4.32. The van der Waals surface area contributed by atoms with Crippen LogP contribution < -0.4 is 10.6 Å². The number of aromatic nitrogens is 1. The molecule has 0 aliphatic rings. The smallest absolute Gasteiger partial charge is 0.315 e. The second-order valence-electron chi connectivity index (χ2n) is 4.32. The minimum Gasteiger partial charge on any atom is -0.347 e. The number of hydrogen-bond donors (Lipinski definition) is 2. The zero-order chi connectivity index (χ0) is 12.1. The van der Waals surface area contributed by atoms with Crippen molar-refractivity contribution in [2.24, 2.45) is 0 Å². The van der Waals surface area contributed by atoms with Gasteiger partial charge in [-0.1, -0.05) is 0 Å². The van der Waals surface area contributed by atoms with E-state index in [1.54, 1.807) is 0 Å². The lowest BCUT2D eigenvalue weighted by atomic mass is 10.4. The monoisotopic (exact) mass is 223 g/mol. The van der Waals surface area contributed by atoms with Gasteiger partial charge in [-0.05, 0) is 39.8 Å². The van der Waals surface area contributed by atoms with Gasteiger partial charge in [0.1, 0.15) is 0 Å². The molecule has 2 N–H and O–H groups in total. The fourth-order valence-corrected chi connectivity index (χ4v) is 1.65. The van der Waals surface area contributed by atoms with Crippen LogP contribution in [0, 0.1) is 13.8 Å². The van der Waals surface area contributed by atoms with Crippen molar-refractivity contribution in [3.05, 3.63) is 23.5 Å². The van der Waals surface area contributed by atoms with E-state index < -0.39 is 0 Å². The molecular formula is C12H21N3O. The Kier molecular flexibility index (Phi) is 4.40. The summed E-state index contributed by atoms with van der Waals surface area (Å²) in [4.78, 5) is 11.3. The number of nitrogens with zero attached hydrogens (tertiary/aromatic N) is 1. The van der Waals surface area contributed by atoms with Gasteiger partial charge in [0.15, 0.2) is 0 Å². The summed E-state index contributed by atoms with van der Waals surface area (Å²) in [5.41, 5.74) is 2.45. The molecule has 1 rings (SSSR count). The average molecular weight is 223 g/mol. The van der Waals surface area contributed by atoms with Crippen molar-refractivity contribution in [2.75, 3.05) is 6.54 Å². The molecule has 16 heavy (non-hydrogen) atoms. The number of nitrogens with one attached hydrogen (secondary N) is 2. The van der Waals surface area contributed by atoms with Gasteiger partial charge in [0.2, 0.25) is 0 Å². The van der Waals surface area contributed by atoms with Crippen molar-refractivity contribution in [3.8, 4) is 0 Å². The maximum absolute atomic E-state index is 11.3. The second kappa shape index (κ2) is 5.58. The molecule has 0 spiro atoms. The van der Waals surface area contributed by atoms with Crippen molar-refractivity contribution in [1.29, 1.82) is 0 Å². The van der Waals surface area contributed by atoms with E-state index in [4.69, 9.17) is 0 Å². The Balaban J connectivity index is 2.33. The topological polar surface area (TPSA) is 46.1 Å². The normalized spacial score (nSPS) is 10.6. The number of amides is 2. The standard InChI is InChI=1S/C12H21N3O/c1-9(2)14-12(16)13-7-8-15-10(3)5-6-11(15)4/h5-6,9H,7-8H2,1-4H3,(H2,13,14,16). The van der Waals surface area contributed by atoms with Crippen molar-refractivity contribution in [3.63, 3.8) is 0 Å². The minimum absolute atomic E-state index is 0.0996. The molecule has 90 valence electrons. The molecule has 0 aromatic carbocycles. The van der Waals surface area contributed by atoms with E-state index in [9.17, 15) is 4.79 Å². The number of carbonyl (C=O) groups excluding carboxylic acids is 1. The molecule has 0 aliphatic carbocycles. The fourth-order valence-electron chi connectivity index (χ4n) is 1.65.